The molecule has 0 saturated carbocycles. The van der Waals surface area contributed by atoms with Crippen molar-refractivity contribution in [2.45, 2.75) is 26.2 Å². The number of carbonyl (C=O) groups excluding carboxylic acids is 2. The van der Waals surface area contributed by atoms with Crippen LogP contribution >= 0.6 is 0 Å². The van der Waals surface area contributed by atoms with E-state index in [1.807, 2.05) is 0 Å². The molecule has 0 saturated heterocycles. The lowest BCUT2D eigenvalue weighted by molar-refractivity contribution is -0.144. The number of carbonyl (C=O) groups is 2. The van der Waals surface area contributed by atoms with Crippen LogP contribution in [-0.4, -0.2) is 36.9 Å². The molecule has 84 valence electrons. The van der Waals surface area contributed by atoms with Crippen molar-refractivity contribution in [2.24, 2.45) is 0 Å². The van der Waals surface area contributed by atoms with Gasteiger partial charge in [-0.2, -0.15) is 5.26 Å². The average molecular weight is 211 g/mol. The lowest BCUT2D eigenvalue weighted by atomic mass is 10.2. The third-order valence-electron chi connectivity index (χ3n) is 1.97. The van der Waals surface area contributed by atoms with E-state index in [-0.39, 0.29) is 6.54 Å². The van der Waals surface area contributed by atoms with Crippen molar-refractivity contribution in [3.63, 3.8) is 0 Å². The minimum Gasteiger partial charge on any atom is -0.338 e. The Morgan fingerprint density at radius 2 is 2.07 bits per heavy atom. The summed E-state index contributed by atoms with van der Waals surface area (Å²) in [6, 6.07) is 1.74. The Labute approximate surface area is 90.0 Å². The van der Waals surface area contributed by atoms with Crippen molar-refractivity contribution >= 4 is 11.8 Å². The van der Waals surface area contributed by atoms with Gasteiger partial charge in [0.2, 0.25) is 0 Å². The molecule has 0 bridgehead atoms. The molecule has 0 unspecified atom stereocenters. The molecule has 1 N–H and O–H groups in total. The molecule has 15 heavy (non-hydrogen) atoms. The van der Waals surface area contributed by atoms with E-state index in [4.69, 9.17) is 5.26 Å². The van der Waals surface area contributed by atoms with E-state index in [0.717, 1.165) is 19.3 Å². The highest BCUT2D eigenvalue weighted by Crippen LogP contribution is 1.96. The van der Waals surface area contributed by atoms with E-state index >= 15 is 0 Å². The van der Waals surface area contributed by atoms with Crippen LogP contribution in [-0.2, 0) is 9.59 Å². The zero-order valence-corrected chi connectivity index (χ0v) is 9.25. The molecule has 0 fully saturated rings. The van der Waals surface area contributed by atoms with Gasteiger partial charge in [0.25, 0.3) is 0 Å². The van der Waals surface area contributed by atoms with E-state index in [1.54, 1.807) is 13.1 Å². The summed E-state index contributed by atoms with van der Waals surface area (Å²) in [7, 11) is 1.59. The van der Waals surface area contributed by atoms with Crippen molar-refractivity contribution in [1.29, 1.82) is 5.26 Å². The topological polar surface area (TPSA) is 73.2 Å². The fourth-order valence-corrected chi connectivity index (χ4v) is 1.07. The number of amides is 2. The van der Waals surface area contributed by atoms with Crippen LogP contribution in [0.4, 0.5) is 0 Å². The fraction of sp³-hybridized carbons (Fsp3) is 0.700. The Balaban J connectivity index is 3.87. The first-order valence-corrected chi connectivity index (χ1v) is 5.03. The van der Waals surface area contributed by atoms with E-state index < -0.39 is 11.8 Å². The summed E-state index contributed by atoms with van der Waals surface area (Å²) in [5.41, 5.74) is 0. The third kappa shape index (κ3) is 5.68. The van der Waals surface area contributed by atoms with Gasteiger partial charge in [0.05, 0.1) is 6.07 Å². The maximum atomic E-state index is 11.3. The van der Waals surface area contributed by atoms with Crippen LogP contribution in [0.3, 0.4) is 0 Å². The molecule has 0 rings (SSSR count). The second kappa shape index (κ2) is 7.80. The van der Waals surface area contributed by atoms with Gasteiger partial charge < -0.3 is 10.2 Å². The summed E-state index contributed by atoms with van der Waals surface area (Å²) < 4.78 is 0. The molecule has 0 heterocycles. The molecule has 5 heteroatoms. The Hall–Kier alpha value is -1.57. The van der Waals surface area contributed by atoms with Gasteiger partial charge in [-0.15, -0.1) is 0 Å². The number of nitrogens with zero attached hydrogens (tertiary/aromatic N) is 2. The van der Waals surface area contributed by atoms with Crippen LogP contribution in [0.2, 0.25) is 0 Å². The Bertz CT molecular complexity index is 258. The number of rotatable bonds is 5. The highest BCUT2D eigenvalue weighted by molar-refractivity contribution is 6.34. The number of nitriles is 1. The van der Waals surface area contributed by atoms with Crippen LogP contribution in [0.1, 0.15) is 26.2 Å². The first-order chi connectivity index (χ1) is 7.13. The van der Waals surface area contributed by atoms with Gasteiger partial charge in [0, 0.05) is 13.6 Å². The second-order valence-electron chi connectivity index (χ2n) is 3.27. The number of unbranched alkanes of at least 4 members (excludes halogenated alkanes) is 2. The molecule has 0 aromatic carbocycles. The highest BCUT2D eigenvalue weighted by atomic mass is 16.2. The van der Waals surface area contributed by atoms with Crippen LogP contribution in [0.15, 0.2) is 0 Å². The van der Waals surface area contributed by atoms with Gasteiger partial charge in [0.15, 0.2) is 0 Å². The second-order valence-corrected chi connectivity index (χ2v) is 3.27. The van der Waals surface area contributed by atoms with Crippen LogP contribution < -0.4 is 5.32 Å². The highest BCUT2D eigenvalue weighted by Gasteiger charge is 2.17. The van der Waals surface area contributed by atoms with Crippen molar-refractivity contribution in [2.75, 3.05) is 20.1 Å². The zero-order chi connectivity index (χ0) is 11.7. The Morgan fingerprint density at radius 3 is 2.60 bits per heavy atom. The summed E-state index contributed by atoms with van der Waals surface area (Å²) in [6.45, 7) is 2.52. The van der Waals surface area contributed by atoms with Gasteiger partial charge in [0.1, 0.15) is 6.54 Å². The minimum absolute atomic E-state index is 0.132. The van der Waals surface area contributed by atoms with Crippen molar-refractivity contribution < 1.29 is 9.59 Å². The predicted octanol–water partition coefficient (Wildman–Crippen LogP) is 0.275. The summed E-state index contributed by atoms with van der Waals surface area (Å²) in [6.07, 6.45) is 3.00. The van der Waals surface area contributed by atoms with Gasteiger partial charge in [-0.1, -0.05) is 19.8 Å². The average Bonchev–Trinajstić information content (AvgIpc) is 2.24. The Morgan fingerprint density at radius 1 is 1.40 bits per heavy atom. The van der Waals surface area contributed by atoms with Gasteiger partial charge in [-0.25, -0.2) is 0 Å². The maximum absolute atomic E-state index is 11.3. The predicted molar refractivity (Wildman–Crippen MR) is 55.8 cm³/mol. The van der Waals surface area contributed by atoms with E-state index in [2.05, 4.69) is 12.2 Å². The molecule has 0 aromatic heterocycles. The fourth-order valence-electron chi connectivity index (χ4n) is 1.07. The molecule has 2 amide bonds. The van der Waals surface area contributed by atoms with Gasteiger partial charge in [-0.3, -0.25) is 9.59 Å². The summed E-state index contributed by atoms with van der Waals surface area (Å²) in [4.78, 5) is 23.8. The van der Waals surface area contributed by atoms with E-state index in [1.165, 1.54) is 4.90 Å². The molecular weight excluding hydrogens is 194 g/mol. The number of hydrogen-bond donors (Lipinski definition) is 1. The van der Waals surface area contributed by atoms with Crippen LogP contribution in [0, 0.1) is 11.3 Å². The number of likely N-dealkylation sites (N-methyl/N-ethyl adjacent to an activating group) is 1. The SMILES string of the molecule is CCCCCN(C)C(=O)C(=O)NCC#N. The van der Waals surface area contributed by atoms with E-state index in [9.17, 15) is 9.59 Å². The van der Waals surface area contributed by atoms with Crippen molar-refractivity contribution in [3.05, 3.63) is 0 Å². The third-order valence-corrected chi connectivity index (χ3v) is 1.97. The van der Waals surface area contributed by atoms with E-state index in [0.29, 0.717) is 6.54 Å². The smallest absolute Gasteiger partial charge is 0.311 e. The molecule has 0 aliphatic carbocycles. The largest absolute Gasteiger partial charge is 0.338 e. The molecule has 5 nitrogen and oxygen atoms in total. The molecule has 0 aliphatic rings. The summed E-state index contributed by atoms with van der Waals surface area (Å²) in [5, 5.41) is 10.4. The molecule has 0 aliphatic heterocycles. The Kier molecular flexibility index (Phi) is 6.98. The monoisotopic (exact) mass is 211 g/mol. The quantitative estimate of drug-likeness (QED) is 0.403. The number of hydrogen-bond acceptors (Lipinski definition) is 3. The summed E-state index contributed by atoms with van der Waals surface area (Å²) in [5.74, 6) is -1.29. The zero-order valence-electron chi connectivity index (χ0n) is 9.25. The van der Waals surface area contributed by atoms with Crippen LogP contribution in [0.5, 0.6) is 0 Å². The lowest BCUT2D eigenvalue weighted by Gasteiger charge is -2.15. The molecular formula is C10H17N3O2. The molecule has 0 aromatic rings. The van der Waals surface area contributed by atoms with Crippen molar-refractivity contribution in [3.8, 4) is 6.07 Å². The summed E-state index contributed by atoms with van der Waals surface area (Å²) >= 11 is 0. The first-order valence-electron chi connectivity index (χ1n) is 5.03. The molecule has 0 radical (unpaired) electrons. The van der Waals surface area contributed by atoms with Gasteiger partial charge >= 0.3 is 11.8 Å². The molecule has 0 atom stereocenters. The van der Waals surface area contributed by atoms with Crippen molar-refractivity contribution in [1.82, 2.24) is 10.2 Å². The first kappa shape index (κ1) is 13.4. The normalized spacial score (nSPS) is 9.13. The number of nitrogens with one attached hydrogen (secondary N) is 1. The minimum atomic E-state index is -0.712. The van der Waals surface area contributed by atoms with Crippen LogP contribution in [0.25, 0.3) is 0 Å². The van der Waals surface area contributed by atoms with Gasteiger partial charge in [-0.05, 0) is 6.42 Å². The standard InChI is InChI=1S/C10H17N3O2/c1-3-4-5-8-13(2)10(15)9(14)12-7-6-11/h3-5,7-8H2,1-2H3,(H,12,14). The molecule has 0 spiro atoms. The lowest BCUT2D eigenvalue weighted by Crippen LogP contribution is -2.41. The maximum Gasteiger partial charge on any atom is 0.311 e.